The molecule has 4 nitrogen and oxygen atoms in total. The van der Waals surface area contributed by atoms with E-state index in [1.165, 1.54) is 12.1 Å². The number of hydrogen-bond acceptors (Lipinski definition) is 3. The predicted octanol–water partition coefficient (Wildman–Crippen LogP) is 2.02. The molecule has 1 atom stereocenters. The number of benzene rings is 1. The van der Waals surface area contributed by atoms with Crippen molar-refractivity contribution in [3.63, 3.8) is 0 Å². The van der Waals surface area contributed by atoms with Crippen LogP contribution in [0.25, 0.3) is 0 Å². The lowest BCUT2D eigenvalue weighted by Gasteiger charge is -2.27. The zero-order valence-electron chi connectivity index (χ0n) is 11.2. The first-order valence-corrected chi connectivity index (χ1v) is 6.42. The fraction of sp³-hybridized carbons (Fsp3) is 0.333. The number of carbonyl (C=O) groups excluding carboxylic acids is 2. The van der Waals surface area contributed by atoms with Crippen molar-refractivity contribution in [1.29, 1.82) is 0 Å². The Balaban J connectivity index is 2.13. The van der Waals surface area contributed by atoms with E-state index in [0.717, 1.165) is 0 Å². The Morgan fingerprint density at radius 1 is 1.35 bits per heavy atom. The van der Waals surface area contributed by atoms with Gasteiger partial charge in [0.15, 0.2) is 0 Å². The normalized spacial score (nSPS) is 24.2. The lowest BCUT2D eigenvalue weighted by molar-refractivity contribution is -0.144. The van der Waals surface area contributed by atoms with Crippen molar-refractivity contribution in [2.45, 2.75) is 31.8 Å². The zero-order valence-corrected chi connectivity index (χ0v) is 11.2. The van der Waals surface area contributed by atoms with Crippen molar-refractivity contribution in [2.75, 3.05) is 0 Å². The van der Waals surface area contributed by atoms with Crippen LogP contribution >= 0.6 is 0 Å². The molecule has 0 aromatic heterocycles. The number of halogens is 1. The molecule has 20 heavy (non-hydrogen) atoms. The average Bonchev–Trinajstić information content (AvgIpc) is 2.59. The zero-order chi connectivity index (χ0) is 14.5. The molecule has 5 heteroatoms. The van der Waals surface area contributed by atoms with Crippen LogP contribution in [0.5, 0.6) is 0 Å². The van der Waals surface area contributed by atoms with Crippen molar-refractivity contribution in [2.24, 2.45) is 0 Å². The van der Waals surface area contributed by atoms with E-state index in [1.54, 1.807) is 26.0 Å². The van der Waals surface area contributed by atoms with Crippen LogP contribution in [0, 0.1) is 5.82 Å². The number of esters is 1. The molecule has 1 aromatic carbocycles. The van der Waals surface area contributed by atoms with Gasteiger partial charge in [0.05, 0.1) is 11.3 Å². The maximum absolute atomic E-state index is 13.4. The molecule has 2 aliphatic heterocycles. The van der Waals surface area contributed by atoms with Crippen molar-refractivity contribution < 1.29 is 18.7 Å². The first-order valence-electron chi connectivity index (χ1n) is 6.42. The number of amides is 1. The lowest BCUT2D eigenvalue weighted by atomic mass is 9.83. The summed E-state index contributed by atoms with van der Waals surface area (Å²) in [6, 6.07) is 5.98. The molecule has 104 valence electrons. The second-order valence-electron chi connectivity index (χ2n) is 5.55. The van der Waals surface area contributed by atoms with Crippen LogP contribution in [-0.2, 0) is 14.3 Å². The minimum absolute atomic E-state index is 0.119. The number of nitrogens with one attached hydrogen (secondary N) is 1. The quantitative estimate of drug-likeness (QED) is 0.798. The Labute approximate surface area is 115 Å². The van der Waals surface area contributed by atoms with Crippen molar-refractivity contribution in [1.82, 2.24) is 5.32 Å². The molecule has 0 fully saturated rings. The lowest BCUT2D eigenvalue weighted by Crippen LogP contribution is -2.38. The minimum atomic E-state index is -0.853. The maximum Gasteiger partial charge on any atom is 0.337 e. The standard InChI is InChI=1S/C15H14FNO3/c1-15(2)13-12(14(19)20-15)10(7-11(18)17-13)8-4-3-5-9(16)6-8/h3-6,10H,7H2,1-2H3,(H,17,18)/t10-/m0/s1. The van der Waals surface area contributed by atoms with Gasteiger partial charge >= 0.3 is 5.97 Å². The highest BCUT2D eigenvalue weighted by molar-refractivity contribution is 5.99. The van der Waals surface area contributed by atoms with Gasteiger partial charge in [0.2, 0.25) is 5.91 Å². The summed E-state index contributed by atoms with van der Waals surface area (Å²) in [5.41, 5.74) is 0.684. The smallest absolute Gasteiger partial charge is 0.337 e. The van der Waals surface area contributed by atoms with Gasteiger partial charge in [-0.2, -0.15) is 0 Å². The van der Waals surface area contributed by atoms with Crippen molar-refractivity contribution in [3.8, 4) is 0 Å². The van der Waals surface area contributed by atoms with Crippen molar-refractivity contribution >= 4 is 11.9 Å². The summed E-state index contributed by atoms with van der Waals surface area (Å²) in [6.07, 6.45) is 0.119. The van der Waals surface area contributed by atoms with Crippen LogP contribution in [0.4, 0.5) is 4.39 Å². The second-order valence-corrected chi connectivity index (χ2v) is 5.55. The maximum atomic E-state index is 13.4. The first kappa shape index (κ1) is 12.8. The molecule has 0 radical (unpaired) electrons. The van der Waals surface area contributed by atoms with E-state index >= 15 is 0 Å². The largest absolute Gasteiger partial charge is 0.450 e. The Bertz CT molecular complexity index is 648. The average molecular weight is 275 g/mol. The van der Waals surface area contributed by atoms with E-state index in [2.05, 4.69) is 5.32 Å². The summed E-state index contributed by atoms with van der Waals surface area (Å²) in [5.74, 6) is -1.48. The molecule has 0 unspecified atom stereocenters. The van der Waals surface area contributed by atoms with E-state index in [9.17, 15) is 14.0 Å². The third-order valence-electron chi connectivity index (χ3n) is 3.69. The molecular weight excluding hydrogens is 261 g/mol. The number of ether oxygens (including phenoxy) is 1. The van der Waals surface area contributed by atoms with Crippen LogP contribution < -0.4 is 5.32 Å². The summed E-state index contributed by atoms with van der Waals surface area (Å²) in [4.78, 5) is 23.9. The van der Waals surface area contributed by atoms with Crippen LogP contribution in [0.2, 0.25) is 0 Å². The molecule has 0 saturated carbocycles. The Morgan fingerprint density at radius 3 is 2.80 bits per heavy atom. The predicted molar refractivity (Wildman–Crippen MR) is 69.1 cm³/mol. The molecule has 0 saturated heterocycles. The fourth-order valence-corrected chi connectivity index (χ4v) is 2.78. The Kier molecular flexibility index (Phi) is 2.67. The van der Waals surface area contributed by atoms with Crippen LogP contribution in [0.3, 0.4) is 0 Å². The molecule has 1 amide bonds. The number of rotatable bonds is 1. The monoisotopic (exact) mass is 275 g/mol. The highest BCUT2D eigenvalue weighted by Crippen LogP contribution is 2.42. The van der Waals surface area contributed by atoms with Gasteiger partial charge in [0.1, 0.15) is 11.4 Å². The van der Waals surface area contributed by atoms with Crippen LogP contribution in [0.1, 0.15) is 31.7 Å². The number of cyclic esters (lactones) is 1. The third-order valence-corrected chi connectivity index (χ3v) is 3.69. The molecule has 2 heterocycles. The van der Waals surface area contributed by atoms with Gasteiger partial charge in [-0.1, -0.05) is 12.1 Å². The van der Waals surface area contributed by atoms with E-state index < -0.39 is 17.5 Å². The fourth-order valence-electron chi connectivity index (χ4n) is 2.78. The van der Waals surface area contributed by atoms with E-state index in [0.29, 0.717) is 16.8 Å². The Morgan fingerprint density at radius 2 is 2.10 bits per heavy atom. The number of hydrogen-bond donors (Lipinski definition) is 1. The van der Waals surface area contributed by atoms with Gasteiger partial charge in [-0.3, -0.25) is 4.79 Å². The molecule has 1 aromatic rings. The second kappa shape index (κ2) is 4.16. The summed E-state index contributed by atoms with van der Waals surface area (Å²) >= 11 is 0. The van der Waals surface area contributed by atoms with Crippen LogP contribution in [0.15, 0.2) is 35.5 Å². The van der Waals surface area contributed by atoms with Gasteiger partial charge in [-0.05, 0) is 31.5 Å². The summed E-state index contributed by atoms with van der Waals surface area (Å²) in [6.45, 7) is 3.45. The number of carbonyl (C=O) groups is 2. The van der Waals surface area contributed by atoms with Gasteiger partial charge in [-0.15, -0.1) is 0 Å². The SMILES string of the molecule is CC1(C)OC(=O)C2=C1NC(=O)C[C@H]2c1cccc(F)c1. The minimum Gasteiger partial charge on any atom is -0.450 e. The molecule has 2 aliphatic rings. The Hall–Kier alpha value is -2.17. The molecule has 0 bridgehead atoms. The van der Waals surface area contributed by atoms with E-state index in [4.69, 9.17) is 4.74 Å². The highest BCUT2D eigenvalue weighted by Gasteiger charge is 2.47. The topological polar surface area (TPSA) is 55.4 Å². The van der Waals surface area contributed by atoms with E-state index in [1.807, 2.05) is 0 Å². The molecule has 0 aliphatic carbocycles. The van der Waals surface area contributed by atoms with Gasteiger partial charge < -0.3 is 10.1 Å². The van der Waals surface area contributed by atoms with Gasteiger partial charge in [-0.25, -0.2) is 9.18 Å². The summed E-state index contributed by atoms with van der Waals surface area (Å²) < 4.78 is 18.7. The molecular formula is C15H14FNO3. The van der Waals surface area contributed by atoms with Gasteiger partial charge in [0, 0.05) is 12.3 Å². The third kappa shape index (κ3) is 1.90. The van der Waals surface area contributed by atoms with Crippen molar-refractivity contribution in [3.05, 3.63) is 46.9 Å². The van der Waals surface area contributed by atoms with Crippen LogP contribution in [-0.4, -0.2) is 17.5 Å². The molecule has 1 N–H and O–H groups in total. The summed E-state index contributed by atoms with van der Waals surface area (Å²) in [5, 5.41) is 2.71. The van der Waals surface area contributed by atoms with Gasteiger partial charge in [0.25, 0.3) is 0 Å². The first-order chi connectivity index (χ1) is 9.38. The summed E-state index contributed by atoms with van der Waals surface area (Å²) in [7, 11) is 0. The highest BCUT2D eigenvalue weighted by atomic mass is 19.1. The van der Waals surface area contributed by atoms with E-state index in [-0.39, 0.29) is 18.1 Å². The molecule has 3 rings (SSSR count). The molecule has 0 spiro atoms.